The van der Waals surface area contributed by atoms with Crippen LogP contribution in [-0.2, 0) is 16.2 Å². The Morgan fingerprint density at radius 1 is 1.03 bits per heavy atom. The predicted molar refractivity (Wildman–Crippen MR) is 134 cm³/mol. The van der Waals surface area contributed by atoms with Crippen molar-refractivity contribution in [3.63, 3.8) is 0 Å². The Morgan fingerprint density at radius 2 is 1.71 bits per heavy atom. The van der Waals surface area contributed by atoms with Gasteiger partial charge in [0.25, 0.3) is 0 Å². The van der Waals surface area contributed by atoms with Gasteiger partial charge in [-0.2, -0.15) is 4.98 Å². The molecule has 4 fully saturated rings. The monoisotopic (exact) mass is 499 g/mol. The Bertz CT molecular complexity index is 1150. The second-order valence-electron chi connectivity index (χ2n) is 11.0. The summed E-state index contributed by atoms with van der Waals surface area (Å²) in [7, 11) is -1.08. The molecule has 3 atom stereocenters. The maximum absolute atomic E-state index is 13.1. The molecule has 2 N–H and O–H groups in total. The fraction of sp³-hybridized carbons (Fsp3) is 0.600. The Balaban J connectivity index is 1.16. The van der Waals surface area contributed by atoms with Gasteiger partial charge in [0.15, 0.2) is 0 Å². The molecule has 9 heteroatoms. The Kier molecular flexibility index (Phi) is 4.75. The van der Waals surface area contributed by atoms with Crippen LogP contribution in [-0.4, -0.2) is 63.4 Å². The quantitative estimate of drug-likeness (QED) is 0.653. The number of aromatic nitrogens is 2. The maximum atomic E-state index is 13.1. The number of benzene rings is 1. The van der Waals surface area contributed by atoms with Crippen LogP contribution in [0.1, 0.15) is 37.8 Å². The lowest BCUT2D eigenvalue weighted by atomic mass is 9.77. The zero-order valence-corrected chi connectivity index (χ0v) is 20.7. The molecule has 2 aliphatic carbocycles. The molecule has 180 valence electrons. The molecular formula is C25H30ClN5O2S. The largest absolute Gasteiger partial charge is 0.394 e. The summed E-state index contributed by atoms with van der Waals surface area (Å²) < 4.78 is 13.1. The number of hydrogen-bond acceptors (Lipinski definition) is 7. The molecule has 2 saturated heterocycles. The standard InChI is InChI=1S/C25H30ClN5O2S/c26-18-2-4-19(5-3-18)30-10-16-12-31(13-17(16)11-30)23-27-21-20(34(33)15-24(21)8-9-24)22(28-23)29-25(14-32)6-1-7-25/h2-5,16-17,32H,1,6-15H2,(H,27,28,29). The van der Waals surface area contributed by atoms with Crippen molar-refractivity contribution >= 4 is 39.9 Å². The van der Waals surface area contributed by atoms with Crippen molar-refractivity contribution in [1.29, 1.82) is 0 Å². The third-order valence-corrected chi connectivity index (χ3v) is 10.7. The Labute approximate surface area is 207 Å². The highest BCUT2D eigenvalue weighted by Gasteiger charge is 2.55. The van der Waals surface area contributed by atoms with Gasteiger partial charge in [-0.15, -0.1) is 0 Å². The zero-order valence-electron chi connectivity index (χ0n) is 19.2. The first-order valence-corrected chi connectivity index (χ1v) is 14.1. The van der Waals surface area contributed by atoms with E-state index in [2.05, 4.69) is 27.2 Å². The molecule has 5 aliphatic rings. The molecule has 1 aromatic carbocycles. The number of aliphatic hydroxyl groups excluding tert-OH is 1. The van der Waals surface area contributed by atoms with Gasteiger partial charge in [-0.25, -0.2) is 4.98 Å². The highest BCUT2D eigenvalue weighted by molar-refractivity contribution is 7.85. The molecule has 1 aromatic heterocycles. The molecule has 0 radical (unpaired) electrons. The lowest BCUT2D eigenvalue weighted by molar-refractivity contribution is 0.143. The van der Waals surface area contributed by atoms with Crippen LogP contribution in [0.15, 0.2) is 29.2 Å². The summed E-state index contributed by atoms with van der Waals surface area (Å²) in [5, 5.41) is 14.4. The van der Waals surface area contributed by atoms with Crippen LogP contribution >= 0.6 is 11.6 Å². The van der Waals surface area contributed by atoms with Gasteiger partial charge in [-0.1, -0.05) is 11.6 Å². The second kappa shape index (κ2) is 7.55. The van der Waals surface area contributed by atoms with Crippen LogP contribution in [0.25, 0.3) is 0 Å². The van der Waals surface area contributed by atoms with E-state index >= 15 is 0 Å². The summed E-state index contributed by atoms with van der Waals surface area (Å²) in [6.07, 6.45) is 5.07. The lowest BCUT2D eigenvalue weighted by Gasteiger charge is -2.41. The molecule has 2 aromatic rings. The van der Waals surface area contributed by atoms with Gasteiger partial charge >= 0.3 is 0 Å². The summed E-state index contributed by atoms with van der Waals surface area (Å²) >= 11 is 6.07. The fourth-order valence-corrected chi connectivity index (χ4v) is 8.35. The predicted octanol–water partition coefficient (Wildman–Crippen LogP) is 3.18. The average Bonchev–Trinajstić information content (AvgIpc) is 3.16. The highest BCUT2D eigenvalue weighted by Crippen LogP contribution is 2.56. The number of rotatable bonds is 5. The van der Waals surface area contributed by atoms with Crippen LogP contribution in [0.3, 0.4) is 0 Å². The van der Waals surface area contributed by atoms with Gasteiger partial charge in [0.05, 0.1) is 28.6 Å². The number of fused-ring (bicyclic) bond motifs is 3. The normalized spacial score (nSPS) is 29.8. The van der Waals surface area contributed by atoms with Gasteiger partial charge in [-0.05, 0) is 56.4 Å². The van der Waals surface area contributed by atoms with Crippen LogP contribution in [0.5, 0.6) is 0 Å². The highest BCUT2D eigenvalue weighted by atomic mass is 35.5. The van der Waals surface area contributed by atoms with E-state index in [4.69, 9.17) is 21.6 Å². The van der Waals surface area contributed by atoms with Crippen LogP contribution in [0.4, 0.5) is 17.5 Å². The zero-order chi connectivity index (χ0) is 23.1. The second-order valence-corrected chi connectivity index (χ2v) is 12.9. The Hall–Kier alpha value is -1.90. The van der Waals surface area contributed by atoms with E-state index in [-0.39, 0.29) is 17.6 Å². The molecule has 0 amide bonds. The molecule has 3 unspecified atom stereocenters. The van der Waals surface area contributed by atoms with Gasteiger partial charge in [0, 0.05) is 59.9 Å². The van der Waals surface area contributed by atoms with Crippen molar-refractivity contribution in [2.45, 2.75) is 48.0 Å². The minimum absolute atomic E-state index is 0.0126. The first-order chi connectivity index (χ1) is 16.5. The molecule has 7 rings (SSSR count). The van der Waals surface area contributed by atoms with Crippen molar-refractivity contribution in [1.82, 2.24) is 9.97 Å². The van der Waals surface area contributed by atoms with Crippen molar-refractivity contribution in [3.05, 3.63) is 35.0 Å². The van der Waals surface area contributed by atoms with Gasteiger partial charge in [0.1, 0.15) is 10.7 Å². The summed E-state index contributed by atoms with van der Waals surface area (Å²) in [4.78, 5) is 15.6. The summed E-state index contributed by atoms with van der Waals surface area (Å²) in [6, 6.07) is 8.14. The van der Waals surface area contributed by atoms with E-state index in [0.29, 0.717) is 23.4 Å². The molecule has 7 nitrogen and oxygen atoms in total. The third kappa shape index (κ3) is 3.28. The van der Waals surface area contributed by atoms with E-state index in [9.17, 15) is 9.32 Å². The minimum Gasteiger partial charge on any atom is -0.394 e. The Morgan fingerprint density at radius 3 is 2.29 bits per heavy atom. The fourth-order valence-electron chi connectivity index (χ4n) is 6.36. The number of nitrogens with one attached hydrogen (secondary N) is 1. The smallest absolute Gasteiger partial charge is 0.227 e. The maximum Gasteiger partial charge on any atom is 0.227 e. The van der Waals surface area contributed by atoms with Crippen molar-refractivity contribution in [2.75, 3.05) is 53.7 Å². The van der Waals surface area contributed by atoms with Gasteiger partial charge < -0.3 is 20.2 Å². The number of hydrogen-bond donors (Lipinski definition) is 2. The van der Waals surface area contributed by atoms with Crippen LogP contribution in [0.2, 0.25) is 5.02 Å². The van der Waals surface area contributed by atoms with E-state index in [1.807, 2.05) is 12.1 Å². The number of aliphatic hydroxyl groups is 1. The minimum atomic E-state index is -1.08. The van der Waals surface area contributed by atoms with Crippen LogP contribution < -0.4 is 15.1 Å². The van der Waals surface area contributed by atoms with Crippen LogP contribution in [0, 0.1) is 11.8 Å². The van der Waals surface area contributed by atoms with E-state index in [1.165, 1.54) is 5.69 Å². The topological polar surface area (TPSA) is 81.6 Å². The third-order valence-electron chi connectivity index (χ3n) is 8.80. The number of nitrogens with zero attached hydrogens (tertiary/aromatic N) is 4. The molecule has 4 heterocycles. The average molecular weight is 500 g/mol. The molecular weight excluding hydrogens is 470 g/mol. The molecule has 2 saturated carbocycles. The van der Waals surface area contributed by atoms with Crippen molar-refractivity contribution in [3.8, 4) is 0 Å². The molecule has 34 heavy (non-hydrogen) atoms. The summed E-state index contributed by atoms with van der Waals surface area (Å²) in [5.74, 6) is 3.29. The van der Waals surface area contributed by atoms with Crippen molar-refractivity contribution < 1.29 is 9.32 Å². The number of anilines is 3. The van der Waals surface area contributed by atoms with E-state index in [0.717, 1.165) is 79.8 Å². The van der Waals surface area contributed by atoms with Gasteiger partial charge in [-0.3, -0.25) is 4.21 Å². The molecule has 0 bridgehead atoms. The van der Waals surface area contributed by atoms with E-state index < -0.39 is 10.8 Å². The van der Waals surface area contributed by atoms with Gasteiger partial charge in [0.2, 0.25) is 5.95 Å². The SMILES string of the molecule is O=S1CC2(CC2)c2nc(N3CC4CN(c5ccc(Cl)cc5)CC4C3)nc(NC3(CO)CCC3)c21. The first-order valence-electron chi connectivity index (χ1n) is 12.4. The van der Waals surface area contributed by atoms with Crippen molar-refractivity contribution in [2.24, 2.45) is 11.8 Å². The number of halogens is 1. The summed E-state index contributed by atoms with van der Waals surface area (Å²) in [5.41, 5.74) is 1.90. The summed E-state index contributed by atoms with van der Waals surface area (Å²) in [6.45, 7) is 4.01. The first kappa shape index (κ1) is 21.4. The lowest BCUT2D eigenvalue weighted by Crippen LogP contribution is -2.48. The van der Waals surface area contributed by atoms with E-state index in [1.54, 1.807) is 0 Å². The molecule has 1 spiro atoms. The molecule has 3 aliphatic heterocycles.